The monoisotopic (exact) mass is 344 g/mol. The van der Waals surface area contributed by atoms with E-state index in [0.717, 1.165) is 56.7 Å². The fourth-order valence-electron chi connectivity index (χ4n) is 3.47. The Morgan fingerprint density at radius 2 is 2.08 bits per heavy atom. The van der Waals surface area contributed by atoms with Gasteiger partial charge in [-0.05, 0) is 62.4 Å². The lowest BCUT2D eigenvalue weighted by Crippen LogP contribution is -2.32. The molecule has 0 aliphatic carbocycles. The maximum absolute atomic E-state index is 12.1. The van der Waals surface area contributed by atoms with Crippen molar-refractivity contribution in [2.45, 2.75) is 38.6 Å². The number of rotatable bonds is 6. The highest BCUT2D eigenvalue weighted by Gasteiger charge is 2.18. The first kappa shape index (κ1) is 17.7. The van der Waals surface area contributed by atoms with Crippen LogP contribution in [0.1, 0.15) is 37.7 Å². The van der Waals surface area contributed by atoms with Gasteiger partial charge in [0.15, 0.2) is 0 Å². The summed E-state index contributed by atoms with van der Waals surface area (Å²) >= 11 is 0. The molecule has 1 aromatic rings. The van der Waals surface area contributed by atoms with Gasteiger partial charge in [-0.3, -0.25) is 4.79 Å². The number of anilines is 1. The molecule has 0 saturated carbocycles. The maximum Gasteiger partial charge on any atom is 0.321 e. The van der Waals surface area contributed by atoms with E-state index in [9.17, 15) is 9.59 Å². The quantitative estimate of drug-likeness (QED) is 0.741. The van der Waals surface area contributed by atoms with E-state index in [0.29, 0.717) is 18.9 Å². The zero-order valence-corrected chi connectivity index (χ0v) is 14.7. The van der Waals surface area contributed by atoms with Gasteiger partial charge in [-0.15, -0.1) is 0 Å². The van der Waals surface area contributed by atoms with Crippen LogP contribution in [0, 0.1) is 5.92 Å². The standard InChI is InChI=1S/C19H28N4O2/c24-18(7-6-15-8-9-20-13-15)21-14-16-4-3-5-17(12-16)22-19(25)23-10-1-2-11-23/h3-5,12,15,20H,1-2,6-11,13-14H2,(H,21,24)(H,22,25). The lowest BCUT2D eigenvalue weighted by molar-refractivity contribution is -0.121. The van der Waals surface area contributed by atoms with Crippen molar-refractivity contribution in [2.24, 2.45) is 5.92 Å². The van der Waals surface area contributed by atoms with Gasteiger partial charge in [0, 0.05) is 31.7 Å². The van der Waals surface area contributed by atoms with E-state index in [1.807, 2.05) is 29.2 Å². The molecule has 6 nitrogen and oxygen atoms in total. The van der Waals surface area contributed by atoms with Crippen molar-refractivity contribution < 1.29 is 9.59 Å². The van der Waals surface area contributed by atoms with E-state index < -0.39 is 0 Å². The van der Waals surface area contributed by atoms with Crippen LogP contribution in [0.25, 0.3) is 0 Å². The van der Waals surface area contributed by atoms with Crippen molar-refractivity contribution >= 4 is 17.6 Å². The van der Waals surface area contributed by atoms with Crippen molar-refractivity contribution in [3.63, 3.8) is 0 Å². The molecule has 3 rings (SSSR count). The lowest BCUT2D eigenvalue weighted by atomic mass is 10.0. The van der Waals surface area contributed by atoms with Crippen LogP contribution in [0.5, 0.6) is 0 Å². The fraction of sp³-hybridized carbons (Fsp3) is 0.579. The Hall–Kier alpha value is -2.08. The van der Waals surface area contributed by atoms with Gasteiger partial charge in [-0.25, -0.2) is 4.79 Å². The molecule has 25 heavy (non-hydrogen) atoms. The summed E-state index contributed by atoms with van der Waals surface area (Å²) in [6, 6.07) is 7.64. The van der Waals surface area contributed by atoms with Gasteiger partial charge in [-0.2, -0.15) is 0 Å². The van der Waals surface area contributed by atoms with Crippen LogP contribution >= 0.6 is 0 Å². The fourth-order valence-corrected chi connectivity index (χ4v) is 3.47. The third kappa shape index (κ3) is 5.46. The minimum absolute atomic E-state index is 0.0381. The molecule has 2 fully saturated rings. The molecular formula is C19H28N4O2. The van der Waals surface area contributed by atoms with Crippen LogP contribution in [-0.4, -0.2) is 43.0 Å². The molecule has 3 amide bonds. The molecule has 1 atom stereocenters. The second kappa shape index (κ2) is 8.85. The molecule has 0 bridgehead atoms. The normalized spacial score (nSPS) is 19.8. The Morgan fingerprint density at radius 3 is 2.84 bits per heavy atom. The summed E-state index contributed by atoms with van der Waals surface area (Å²) in [7, 11) is 0. The Kier molecular flexibility index (Phi) is 6.28. The van der Waals surface area contributed by atoms with Crippen LogP contribution in [0.15, 0.2) is 24.3 Å². The summed E-state index contributed by atoms with van der Waals surface area (Å²) in [5.74, 6) is 0.730. The Bertz CT molecular complexity index is 593. The van der Waals surface area contributed by atoms with E-state index in [4.69, 9.17) is 0 Å². The molecule has 2 aliphatic heterocycles. The number of hydrogen-bond acceptors (Lipinski definition) is 3. The first-order valence-electron chi connectivity index (χ1n) is 9.33. The molecule has 6 heteroatoms. The van der Waals surface area contributed by atoms with Crippen molar-refractivity contribution in [3.05, 3.63) is 29.8 Å². The molecule has 3 N–H and O–H groups in total. The molecular weight excluding hydrogens is 316 g/mol. The van der Waals surface area contributed by atoms with Crippen LogP contribution in [-0.2, 0) is 11.3 Å². The van der Waals surface area contributed by atoms with Crippen molar-refractivity contribution in [1.29, 1.82) is 0 Å². The lowest BCUT2D eigenvalue weighted by Gasteiger charge is -2.16. The van der Waals surface area contributed by atoms with Gasteiger partial charge in [0.05, 0.1) is 0 Å². The molecule has 136 valence electrons. The van der Waals surface area contributed by atoms with E-state index in [-0.39, 0.29) is 11.9 Å². The summed E-state index contributed by atoms with van der Waals surface area (Å²) in [5, 5.41) is 9.24. The minimum Gasteiger partial charge on any atom is -0.352 e. The molecule has 0 aromatic heterocycles. The molecule has 0 spiro atoms. The second-order valence-corrected chi connectivity index (χ2v) is 7.00. The minimum atomic E-state index is -0.0381. The Labute approximate surface area is 149 Å². The van der Waals surface area contributed by atoms with E-state index in [1.54, 1.807) is 0 Å². The number of nitrogens with one attached hydrogen (secondary N) is 3. The number of amides is 3. The van der Waals surface area contributed by atoms with E-state index in [1.165, 1.54) is 6.42 Å². The Morgan fingerprint density at radius 1 is 1.24 bits per heavy atom. The molecule has 1 aromatic carbocycles. The third-order valence-corrected chi connectivity index (χ3v) is 5.00. The van der Waals surface area contributed by atoms with Crippen LogP contribution in [0.4, 0.5) is 10.5 Å². The summed E-state index contributed by atoms with van der Waals surface area (Å²) in [6.45, 7) is 4.26. The van der Waals surface area contributed by atoms with E-state index in [2.05, 4.69) is 16.0 Å². The highest BCUT2D eigenvalue weighted by Crippen LogP contribution is 2.15. The first-order valence-corrected chi connectivity index (χ1v) is 9.33. The summed E-state index contributed by atoms with van der Waals surface area (Å²) in [6.07, 6.45) is 4.86. The zero-order valence-electron chi connectivity index (χ0n) is 14.7. The number of likely N-dealkylation sites (tertiary alicyclic amines) is 1. The number of carbonyl (C=O) groups excluding carboxylic acids is 2. The SMILES string of the molecule is O=C(CCC1CCNC1)NCc1cccc(NC(=O)N2CCCC2)c1. The third-order valence-electron chi connectivity index (χ3n) is 5.00. The number of carbonyl (C=O) groups is 2. The number of urea groups is 1. The second-order valence-electron chi connectivity index (χ2n) is 7.00. The molecule has 2 saturated heterocycles. The molecule has 1 unspecified atom stereocenters. The number of nitrogens with zero attached hydrogens (tertiary/aromatic N) is 1. The Balaban J connectivity index is 1.42. The predicted octanol–water partition coefficient (Wildman–Crippen LogP) is 2.32. The highest BCUT2D eigenvalue weighted by molar-refractivity contribution is 5.89. The highest BCUT2D eigenvalue weighted by atomic mass is 16.2. The largest absolute Gasteiger partial charge is 0.352 e. The summed E-state index contributed by atoms with van der Waals surface area (Å²) < 4.78 is 0. The van der Waals surface area contributed by atoms with Gasteiger partial charge in [0.1, 0.15) is 0 Å². The topological polar surface area (TPSA) is 73.5 Å². The maximum atomic E-state index is 12.1. The van der Waals surface area contributed by atoms with Gasteiger partial charge in [0.25, 0.3) is 0 Å². The van der Waals surface area contributed by atoms with Gasteiger partial charge in [0.2, 0.25) is 5.91 Å². The average Bonchev–Trinajstić information content (AvgIpc) is 3.32. The van der Waals surface area contributed by atoms with Crippen LogP contribution in [0.3, 0.4) is 0 Å². The summed E-state index contributed by atoms with van der Waals surface area (Å²) in [5.41, 5.74) is 1.77. The van der Waals surface area contributed by atoms with Crippen LogP contribution < -0.4 is 16.0 Å². The number of benzene rings is 1. The smallest absolute Gasteiger partial charge is 0.321 e. The van der Waals surface area contributed by atoms with E-state index >= 15 is 0 Å². The van der Waals surface area contributed by atoms with Gasteiger partial charge in [-0.1, -0.05) is 12.1 Å². The van der Waals surface area contributed by atoms with Crippen molar-refractivity contribution in [1.82, 2.24) is 15.5 Å². The molecule has 2 aliphatic rings. The molecule has 2 heterocycles. The predicted molar refractivity (Wildman–Crippen MR) is 98.3 cm³/mol. The van der Waals surface area contributed by atoms with Crippen LogP contribution in [0.2, 0.25) is 0 Å². The van der Waals surface area contributed by atoms with Crippen molar-refractivity contribution in [2.75, 3.05) is 31.5 Å². The number of hydrogen-bond donors (Lipinski definition) is 3. The summed E-state index contributed by atoms with van der Waals surface area (Å²) in [4.78, 5) is 26.0. The van der Waals surface area contributed by atoms with Gasteiger partial charge < -0.3 is 20.9 Å². The van der Waals surface area contributed by atoms with Crippen molar-refractivity contribution in [3.8, 4) is 0 Å². The average molecular weight is 344 g/mol. The van der Waals surface area contributed by atoms with Gasteiger partial charge >= 0.3 is 6.03 Å². The molecule has 0 radical (unpaired) electrons. The first-order chi connectivity index (χ1) is 12.2. The zero-order chi connectivity index (χ0) is 17.5.